The molecule has 1 aromatic rings. The van der Waals surface area contributed by atoms with Crippen LogP contribution in [-0.2, 0) is 17.8 Å². The Balaban J connectivity index is 2.38. The number of nitrogens with zero attached hydrogens (tertiary/aromatic N) is 2. The Labute approximate surface area is 90.6 Å². The molecule has 0 saturated carbocycles. The predicted molar refractivity (Wildman–Crippen MR) is 59.3 cm³/mol. The molecule has 15 heavy (non-hydrogen) atoms. The normalized spacial score (nSPS) is 9.73. The monoisotopic (exact) mass is 207 g/mol. The number of methoxy groups -OCH3 is 1. The second-order valence-corrected chi connectivity index (χ2v) is 3.08. The van der Waals surface area contributed by atoms with Crippen molar-refractivity contribution in [1.29, 1.82) is 0 Å². The standard InChI is InChI=1S/C11H17N3O/c1-3-4-8-14-11(5-6-13-14)10-12-7-9-15-2/h5-6,12H,7-10H2,1-2H3. The third kappa shape index (κ3) is 4.15. The molecule has 0 aliphatic carbocycles. The van der Waals surface area contributed by atoms with Crippen LogP contribution in [0.3, 0.4) is 0 Å². The molecule has 0 amide bonds. The Kier molecular flexibility index (Phi) is 5.52. The lowest BCUT2D eigenvalue weighted by atomic mass is 10.4. The van der Waals surface area contributed by atoms with E-state index in [4.69, 9.17) is 4.74 Å². The highest BCUT2D eigenvalue weighted by Gasteiger charge is 1.99. The molecule has 0 aliphatic heterocycles. The Bertz CT molecular complexity index is 335. The zero-order valence-electron chi connectivity index (χ0n) is 9.29. The fraction of sp³-hybridized carbons (Fsp3) is 0.545. The van der Waals surface area contributed by atoms with Gasteiger partial charge in [0.15, 0.2) is 0 Å². The summed E-state index contributed by atoms with van der Waals surface area (Å²) >= 11 is 0. The van der Waals surface area contributed by atoms with Crippen LogP contribution in [0.15, 0.2) is 12.3 Å². The minimum atomic E-state index is 0.658. The van der Waals surface area contributed by atoms with Gasteiger partial charge in [-0.15, -0.1) is 5.92 Å². The smallest absolute Gasteiger partial charge is 0.102 e. The highest BCUT2D eigenvalue weighted by Crippen LogP contribution is 1.97. The third-order valence-electron chi connectivity index (χ3n) is 2.00. The van der Waals surface area contributed by atoms with Crippen LogP contribution in [0.25, 0.3) is 0 Å². The summed E-state index contributed by atoms with van der Waals surface area (Å²) in [6.07, 6.45) is 1.80. The maximum absolute atomic E-state index is 4.95. The number of rotatable bonds is 6. The largest absolute Gasteiger partial charge is 0.383 e. The van der Waals surface area contributed by atoms with Gasteiger partial charge in [-0.25, -0.2) is 0 Å². The van der Waals surface area contributed by atoms with Gasteiger partial charge in [-0.1, -0.05) is 5.92 Å². The van der Waals surface area contributed by atoms with Gasteiger partial charge in [0, 0.05) is 26.4 Å². The number of nitrogens with one attached hydrogen (secondary N) is 1. The molecule has 0 bridgehead atoms. The molecule has 0 unspecified atom stereocenters. The number of ether oxygens (including phenoxy) is 1. The zero-order chi connectivity index (χ0) is 10.9. The van der Waals surface area contributed by atoms with E-state index in [1.807, 2.05) is 17.7 Å². The second kappa shape index (κ2) is 7.04. The van der Waals surface area contributed by atoms with E-state index < -0.39 is 0 Å². The van der Waals surface area contributed by atoms with E-state index in [0.717, 1.165) is 25.4 Å². The molecule has 0 aliphatic rings. The van der Waals surface area contributed by atoms with E-state index in [1.165, 1.54) is 0 Å². The van der Waals surface area contributed by atoms with Crippen LogP contribution in [0.2, 0.25) is 0 Å². The molecular formula is C11H17N3O. The predicted octanol–water partition coefficient (Wildman–Crippen LogP) is 0.642. The molecule has 0 atom stereocenters. The Morgan fingerprint density at radius 3 is 3.20 bits per heavy atom. The summed E-state index contributed by atoms with van der Waals surface area (Å²) < 4.78 is 6.85. The minimum Gasteiger partial charge on any atom is -0.383 e. The van der Waals surface area contributed by atoms with Crippen molar-refractivity contribution in [2.75, 3.05) is 20.3 Å². The molecule has 0 radical (unpaired) electrons. The average Bonchev–Trinajstić information content (AvgIpc) is 2.69. The SMILES string of the molecule is CC#CCn1nccc1CNCCOC. The van der Waals surface area contributed by atoms with Gasteiger partial charge < -0.3 is 10.1 Å². The van der Waals surface area contributed by atoms with Gasteiger partial charge in [0.25, 0.3) is 0 Å². The molecule has 4 nitrogen and oxygen atoms in total. The average molecular weight is 207 g/mol. The summed E-state index contributed by atoms with van der Waals surface area (Å²) in [5, 5.41) is 7.47. The van der Waals surface area contributed by atoms with E-state index in [9.17, 15) is 0 Å². The van der Waals surface area contributed by atoms with Gasteiger partial charge in [0.1, 0.15) is 6.54 Å². The van der Waals surface area contributed by atoms with E-state index >= 15 is 0 Å². The molecule has 1 rings (SSSR count). The summed E-state index contributed by atoms with van der Waals surface area (Å²) in [6.45, 7) is 4.86. The molecule has 1 aromatic heterocycles. The summed E-state index contributed by atoms with van der Waals surface area (Å²) in [7, 11) is 1.70. The van der Waals surface area contributed by atoms with Crippen molar-refractivity contribution in [3.05, 3.63) is 18.0 Å². The van der Waals surface area contributed by atoms with Gasteiger partial charge in [-0.2, -0.15) is 5.10 Å². The van der Waals surface area contributed by atoms with Gasteiger partial charge >= 0.3 is 0 Å². The van der Waals surface area contributed by atoms with Crippen LogP contribution in [0.5, 0.6) is 0 Å². The minimum absolute atomic E-state index is 0.658. The van der Waals surface area contributed by atoms with Crippen LogP contribution in [0.4, 0.5) is 0 Å². The van der Waals surface area contributed by atoms with Gasteiger partial charge in [-0.05, 0) is 13.0 Å². The highest BCUT2D eigenvalue weighted by molar-refractivity contribution is 5.04. The summed E-state index contributed by atoms with van der Waals surface area (Å²) in [5.41, 5.74) is 1.15. The molecular weight excluding hydrogens is 190 g/mol. The van der Waals surface area contributed by atoms with Crippen LogP contribution < -0.4 is 5.32 Å². The van der Waals surface area contributed by atoms with Crippen molar-refractivity contribution in [2.45, 2.75) is 20.0 Å². The van der Waals surface area contributed by atoms with Crippen molar-refractivity contribution < 1.29 is 4.74 Å². The Hall–Kier alpha value is -1.31. The third-order valence-corrected chi connectivity index (χ3v) is 2.00. The topological polar surface area (TPSA) is 39.1 Å². The highest BCUT2D eigenvalue weighted by atomic mass is 16.5. The first kappa shape index (κ1) is 11.8. The molecule has 0 spiro atoms. The summed E-state index contributed by atoms with van der Waals surface area (Å²) in [5.74, 6) is 5.85. The maximum atomic E-state index is 4.95. The van der Waals surface area contributed by atoms with Crippen molar-refractivity contribution in [3.63, 3.8) is 0 Å². The van der Waals surface area contributed by atoms with E-state index in [0.29, 0.717) is 6.54 Å². The van der Waals surface area contributed by atoms with Gasteiger partial charge in [0.05, 0.1) is 12.3 Å². The van der Waals surface area contributed by atoms with Crippen LogP contribution in [0.1, 0.15) is 12.6 Å². The fourth-order valence-corrected chi connectivity index (χ4v) is 1.20. The number of hydrogen-bond acceptors (Lipinski definition) is 3. The van der Waals surface area contributed by atoms with Gasteiger partial charge in [-0.3, -0.25) is 4.68 Å². The van der Waals surface area contributed by atoms with Crippen molar-refractivity contribution in [2.24, 2.45) is 0 Å². The van der Waals surface area contributed by atoms with Crippen molar-refractivity contribution in [1.82, 2.24) is 15.1 Å². The Morgan fingerprint density at radius 2 is 2.47 bits per heavy atom. The summed E-state index contributed by atoms with van der Waals surface area (Å²) in [4.78, 5) is 0. The molecule has 4 heteroatoms. The van der Waals surface area contributed by atoms with E-state index in [-0.39, 0.29) is 0 Å². The first-order valence-electron chi connectivity index (χ1n) is 4.98. The molecule has 0 saturated heterocycles. The molecule has 1 heterocycles. The fourth-order valence-electron chi connectivity index (χ4n) is 1.20. The van der Waals surface area contributed by atoms with Crippen LogP contribution in [0, 0.1) is 11.8 Å². The molecule has 1 N–H and O–H groups in total. The van der Waals surface area contributed by atoms with Crippen molar-refractivity contribution in [3.8, 4) is 11.8 Å². The summed E-state index contributed by atoms with van der Waals surface area (Å²) in [6, 6.07) is 2.00. The first-order valence-corrected chi connectivity index (χ1v) is 4.98. The molecule has 0 fully saturated rings. The molecule has 0 aromatic carbocycles. The van der Waals surface area contributed by atoms with Crippen molar-refractivity contribution >= 4 is 0 Å². The van der Waals surface area contributed by atoms with Crippen LogP contribution in [-0.4, -0.2) is 30.0 Å². The van der Waals surface area contributed by atoms with Gasteiger partial charge in [0.2, 0.25) is 0 Å². The first-order chi connectivity index (χ1) is 7.38. The lowest BCUT2D eigenvalue weighted by Crippen LogP contribution is -2.20. The lowest BCUT2D eigenvalue weighted by molar-refractivity contribution is 0.199. The van der Waals surface area contributed by atoms with Crippen LogP contribution >= 0.6 is 0 Å². The lowest BCUT2D eigenvalue weighted by Gasteiger charge is -2.05. The van der Waals surface area contributed by atoms with E-state index in [2.05, 4.69) is 22.3 Å². The quantitative estimate of drug-likeness (QED) is 0.549. The molecule has 82 valence electrons. The maximum Gasteiger partial charge on any atom is 0.102 e. The number of aromatic nitrogens is 2. The zero-order valence-corrected chi connectivity index (χ0v) is 9.29. The second-order valence-electron chi connectivity index (χ2n) is 3.08. The van der Waals surface area contributed by atoms with E-state index in [1.54, 1.807) is 13.3 Å². The Morgan fingerprint density at radius 1 is 1.60 bits per heavy atom. The number of hydrogen-bond donors (Lipinski definition) is 1.